The van der Waals surface area contributed by atoms with E-state index in [1.54, 1.807) is 31.5 Å². The summed E-state index contributed by atoms with van der Waals surface area (Å²) in [5.41, 5.74) is 4.38. The van der Waals surface area contributed by atoms with E-state index >= 15 is 0 Å². The maximum absolute atomic E-state index is 13.3. The lowest BCUT2D eigenvalue weighted by atomic mass is 9.93. The third-order valence-corrected chi connectivity index (χ3v) is 7.75. The fourth-order valence-electron chi connectivity index (χ4n) is 5.01. The van der Waals surface area contributed by atoms with Gasteiger partial charge in [-0.1, -0.05) is 24.3 Å². The molecule has 1 heterocycles. The molecular weight excluding hydrogens is 553 g/mol. The molecule has 0 radical (unpaired) electrons. The van der Waals surface area contributed by atoms with E-state index < -0.39 is 17.8 Å². The largest absolute Gasteiger partial charge is 0.416 e. The molecule has 2 fully saturated rings. The van der Waals surface area contributed by atoms with Gasteiger partial charge in [-0.25, -0.2) is 9.97 Å². The Kier molecular flexibility index (Phi) is 7.60. The van der Waals surface area contributed by atoms with Crippen molar-refractivity contribution in [1.82, 2.24) is 20.6 Å². The number of benzene rings is 3. The van der Waals surface area contributed by atoms with Crippen LogP contribution in [0.5, 0.6) is 0 Å². The molecule has 0 bridgehead atoms. The number of fused-ring (bicyclic) bond motifs is 1. The Hall–Kier alpha value is -4.73. The van der Waals surface area contributed by atoms with Crippen LogP contribution in [0.1, 0.15) is 71.6 Å². The van der Waals surface area contributed by atoms with Crippen LogP contribution in [0.3, 0.4) is 0 Å². The topological polar surface area (TPSA) is 103 Å². The average Bonchev–Trinajstić information content (AvgIpc) is 3.93. The molecule has 0 saturated heterocycles. The molecule has 4 N–H and O–H groups in total. The number of nitrogens with one attached hydrogen (secondary N) is 4. The Labute approximate surface area is 247 Å². The summed E-state index contributed by atoms with van der Waals surface area (Å²) in [6.45, 7) is 1.67. The van der Waals surface area contributed by atoms with E-state index in [4.69, 9.17) is 5.41 Å². The lowest BCUT2D eigenvalue weighted by Crippen LogP contribution is -2.27. The number of halogens is 3. The maximum atomic E-state index is 13.3. The summed E-state index contributed by atoms with van der Waals surface area (Å²) in [5.74, 6) is 0.449. The monoisotopic (exact) mass is 584 g/mol. The third-order valence-electron chi connectivity index (χ3n) is 7.75. The molecule has 2 aliphatic carbocycles. The minimum Gasteiger partial charge on any atom is -0.386 e. The van der Waals surface area contributed by atoms with Crippen LogP contribution in [-0.2, 0) is 6.18 Å². The van der Waals surface area contributed by atoms with E-state index in [1.165, 1.54) is 12.3 Å². The molecule has 0 spiro atoms. The number of allylic oxidation sites excluding steroid dienone is 1. The van der Waals surface area contributed by atoms with Gasteiger partial charge >= 0.3 is 6.18 Å². The second kappa shape index (κ2) is 11.5. The minimum absolute atomic E-state index is 0.362. The lowest BCUT2D eigenvalue weighted by molar-refractivity contribution is -0.137. The molecule has 2 saturated carbocycles. The molecule has 220 valence electrons. The number of nitrogens with zero attached hydrogens (tertiary/aromatic N) is 2. The van der Waals surface area contributed by atoms with E-state index in [0.29, 0.717) is 34.7 Å². The van der Waals surface area contributed by atoms with Crippen LogP contribution in [0.15, 0.2) is 78.8 Å². The van der Waals surface area contributed by atoms with Crippen molar-refractivity contribution in [3.63, 3.8) is 0 Å². The zero-order valence-electron chi connectivity index (χ0n) is 23.5. The van der Waals surface area contributed by atoms with Crippen molar-refractivity contribution >= 4 is 29.0 Å². The van der Waals surface area contributed by atoms with Crippen LogP contribution in [0.25, 0.3) is 22.0 Å². The van der Waals surface area contributed by atoms with Crippen molar-refractivity contribution in [2.75, 3.05) is 5.32 Å². The molecule has 2 aliphatic rings. The number of aromatic nitrogens is 2. The van der Waals surface area contributed by atoms with Gasteiger partial charge in [0, 0.05) is 35.6 Å². The van der Waals surface area contributed by atoms with E-state index in [0.717, 1.165) is 65.4 Å². The predicted molar refractivity (Wildman–Crippen MR) is 161 cm³/mol. The smallest absolute Gasteiger partial charge is 0.386 e. The summed E-state index contributed by atoms with van der Waals surface area (Å²) in [7, 11) is 0. The zero-order valence-corrected chi connectivity index (χ0v) is 23.5. The first-order valence-corrected chi connectivity index (χ1v) is 14.3. The SMILES string of the molecule is CC(NC(=O)c1ccc(C2CC2)c(-c2ccc3nc(N/C(C=N)=C/NC4CC4)ncc3c2)c1)c1cccc(C(F)(F)F)c1. The first kappa shape index (κ1) is 28.4. The lowest BCUT2D eigenvalue weighted by Gasteiger charge is -2.17. The van der Waals surface area contributed by atoms with Crippen molar-refractivity contribution in [2.45, 2.75) is 56.8 Å². The fourth-order valence-corrected chi connectivity index (χ4v) is 5.01. The third kappa shape index (κ3) is 6.69. The standard InChI is InChI=1S/C33H31F3N6O/c1-19(21-3-2-4-25(14-21)33(34,35)36)40-31(43)23-7-11-28(20-5-6-20)29(15-23)22-8-12-30-24(13-22)17-39-32(42-30)41-27(16-37)18-38-26-9-10-26/h2-4,7-8,11-20,26,37-38H,5-6,9-10H2,1H3,(H,40,43)(H,39,41,42)/b27-18+,37-16?. The summed E-state index contributed by atoms with van der Waals surface area (Å²) in [6, 6.07) is 16.3. The highest BCUT2D eigenvalue weighted by molar-refractivity contribution is 5.96. The molecule has 1 unspecified atom stereocenters. The Morgan fingerprint density at radius 1 is 1.05 bits per heavy atom. The van der Waals surface area contributed by atoms with Crippen molar-refractivity contribution in [2.24, 2.45) is 0 Å². The van der Waals surface area contributed by atoms with Gasteiger partial charge in [-0.3, -0.25) is 4.79 Å². The molecule has 43 heavy (non-hydrogen) atoms. The van der Waals surface area contributed by atoms with Gasteiger partial charge < -0.3 is 21.4 Å². The maximum Gasteiger partial charge on any atom is 0.416 e. The average molecular weight is 585 g/mol. The van der Waals surface area contributed by atoms with Gasteiger partial charge in [0.1, 0.15) is 0 Å². The highest BCUT2D eigenvalue weighted by Gasteiger charge is 2.31. The number of amides is 1. The van der Waals surface area contributed by atoms with E-state index in [2.05, 4.69) is 25.9 Å². The molecule has 10 heteroatoms. The summed E-state index contributed by atoms with van der Waals surface area (Å²) >= 11 is 0. The van der Waals surface area contributed by atoms with Crippen LogP contribution in [0, 0.1) is 5.41 Å². The van der Waals surface area contributed by atoms with Gasteiger partial charge in [0.2, 0.25) is 5.95 Å². The number of hydrogen-bond donors (Lipinski definition) is 4. The fraction of sp³-hybridized carbons (Fsp3) is 0.273. The zero-order chi connectivity index (χ0) is 30.1. The summed E-state index contributed by atoms with van der Waals surface area (Å²) < 4.78 is 39.6. The number of carbonyl (C=O) groups excluding carboxylic acids is 1. The second-order valence-corrected chi connectivity index (χ2v) is 11.2. The van der Waals surface area contributed by atoms with E-state index in [1.807, 2.05) is 30.3 Å². The molecule has 3 aromatic carbocycles. The first-order chi connectivity index (χ1) is 20.7. The Balaban J connectivity index is 1.24. The first-order valence-electron chi connectivity index (χ1n) is 14.3. The summed E-state index contributed by atoms with van der Waals surface area (Å²) in [5, 5.41) is 17.7. The van der Waals surface area contributed by atoms with Crippen LogP contribution >= 0.6 is 0 Å². The van der Waals surface area contributed by atoms with E-state index in [9.17, 15) is 18.0 Å². The molecule has 4 aromatic rings. The van der Waals surface area contributed by atoms with Gasteiger partial charge in [-0.05, 0) is 97.2 Å². The summed E-state index contributed by atoms with van der Waals surface area (Å²) in [6.07, 6.45) is 4.68. The number of rotatable bonds is 10. The molecule has 1 atom stereocenters. The van der Waals surface area contributed by atoms with Gasteiger partial charge in [-0.2, -0.15) is 13.2 Å². The van der Waals surface area contributed by atoms with E-state index in [-0.39, 0.29) is 5.91 Å². The van der Waals surface area contributed by atoms with Gasteiger partial charge in [-0.15, -0.1) is 0 Å². The predicted octanol–water partition coefficient (Wildman–Crippen LogP) is 7.34. The van der Waals surface area contributed by atoms with Gasteiger partial charge in [0.15, 0.2) is 0 Å². The minimum atomic E-state index is -4.45. The molecule has 7 nitrogen and oxygen atoms in total. The Morgan fingerprint density at radius 3 is 2.58 bits per heavy atom. The van der Waals surface area contributed by atoms with Crippen LogP contribution in [0.4, 0.5) is 19.1 Å². The highest BCUT2D eigenvalue weighted by atomic mass is 19.4. The number of alkyl halides is 3. The normalized spacial score (nSPS) is 16.0. The molecule has 1 amide bonds. The van der Waals surface area contributed by atoms with Gasteiger partial charge in [0.05, 0.1) is 22.8 Å². The Bertz CT molecular complexity index is 1730. The van der Waals surface area contributed by atoms with Crippen molar-refractivity contribution in [3.8, 4) is 11.1 Å². The van der Waals surface area contributed by atoms with Crippen molar-refractivity contribution in [3.05, 3.63) is 101 Å². The molecule has 1 aromatic heterocycles. The van der Waals surface area contributed by atoms with Crippen LogP contribution < -0.4 is 16.0 Å². The quantitative estimate of drug-likeness (QED) is 0.146. The number of anilines is 1. The molecular formula is C33H31F3N6O. The van der Waals surface area contributed by atoms with Crippen LogP contribution in [0.2, 0.25) is 0 Å². The molecule has 6 rings (SSSR count). The van der Waals surface area contributed by atoms with Crippen molar-refractivity contribution in [1.29, 1.82) is 5.41 Å². The van der Waals surface area contributed by atoms with Crippen molar-refractivity contribution < 1.29 is 18.0 Å². The van der Waals surface area contributed by atoms with Crippen LogP contribution in [-0.4, -0.2) is 28.1 Å². The number of hydrogen-bond acceptors (Lipinski definition) is 6. The highest BCUT2D eigenvalue weighted by Crippen LogP contribution is 2.45. The van der Waals surface area contributed by atoms with Gasteiger partial charge in [0.25, 0.3) is 5.91 Å². The second-order valence-electron chi connectivity index (χ2n) is 11.2. The molecule has 0 aliphatic heterocycles. The Morgan fingerprint density at radius 2 is 1.86 bits per heavy atom. The number of carbonyl (C=O) groups is 1. The summed E-state index contributed by atoms with van der Waals surface area (Å²) in [4.78, 5) is 22.3.